The molecule has 10 nitrogen and oxygen atoms in total. The Morgan fingerprint density at radius 2 is 1.81 bits per heavy atom. The Balaban J connectivity index is 1.25. The summed E-state index contributed by atoms with van der Waals surface area (Å²) < 4.78 is 1.31. The number of fused-ring (bicyclic) bond motifs is 1. The number of nitrogens with zero attached hydrogens (tertiary/aromatic N) is 3. The van der Waals surface area contributed by atoms with Crippen LogP contribution in [0.2, 0.25) is 5.02 Å². The summed E-state index contributed by atoms with van der Waals surface area (Å²) in [6.45, 7) is 3.77. The second-order valence-corrected chi connectivity index (χ2v) is 13.6. The van der Waals surface area contributed by atoms with Crippen molar-refractivity contribution in [3.63, 3.8) is 0 Å². The average molecular weight is 700 g/mol. The fourth-order valence-corrected chi connectivity index (χ4v) is 7.60. The summed E-state index contributed by atoms with van der Waals surface area (Å²) >= 11 is 13.9. The second kappa shape index (κ2) is 13.0. The van der Waals surface area contributed by atoms with Gasteiger partial charge in [0.2, 0.25) is 0 Å². The number of nitro groups is 1. The van der Waals surface area contributed by atoms with Gasteiger partial charge in [-0.1, -0.05) is 47.6 Å². The second-order valence-electron chi connectivity index (χ2n) is 10.5. The largest absolute Gasteiger partial charge is 0.322 e. The zero-order chi connectivity index (χ0) is 33.4. The van der Waals surface area contributed by atoms with Crippen molar-refractivity contribution in [1.29, 1.82) is 0 Å². The molecule has 0 unspecified atom stereocenters. The third-order valence-corrected chi connectivity index (χ3v) is 9.76. The van der Waals surface area contributed by atoms with E-state index in [0.717, 1.165) is 27.6 Å². The predicted octanol–water partition coefficient (Wildman–Crippen LogP) is 7.71. The topological polar surface area (TPSA) is 135 Å². The Kier molecular flexibility index (Phi) is 8.88. The molecule has 0 radical (unpaired) electrons. The third-order valence-electron chi connectivity index (χ3n) is 7.00. The predicted molar refractivity (Wildman–Crippen MR) is 188 cm³/mol. The van der Waals surface area contributed by atoms with E-state index in [-0.39, 0.29) is 27.8 Å². The van der Waals surface area contributed by atoms with Crippen LogP contribution >= 0.6 is 46.9 Å². The molecule has 0 bridgehead atoms. The fraction of sp³-hybridized carbons (Fsp3) is 0.0606. The number of carbonyl (C=O) groups is 3. The molecule has 2 N–H and O–H groups in total. The third kappa shape index (κ3) is 6.79. The number of anilines is 2. The molecule has 5 aromatic rings. The lowest BCUT2D eigenvalue weighted by molar-refractivity contribution is -0.387. The molecule has 47 heavy (non-hydrogen) atoms. The van der Waals surface area contributed by atoms with Crippen LogP contribution in [0.1, 0.15) is 27.0 Å². The number of thiazole rings is 1. The fourth-order valence-electron chi connectivity index (χ4n) is 4.95. The van der Waals surface area contributed by atoms with Crippen LogP contribution in [0, 0.1) is 24.0 Å². The van der Waals surface area contributed by atoms with E-state index in [9.17, 15) is 24.5 Å². The number of nitrogens with one attached hydrogen (secondary N) is 2. The van der Waals surface area contributed by atoms with Crippen molar-refractivity contribution in [3.05, 3.63) is 122 Å². The van der Waals surface area contributed by atoms with Crippen LogP contribution in [-0.2, 0) is 9.59 Å². The van der Waals surface area contributed by atoms with E-state index in [2.05, 4.69) is 15.6 Å². The Morgan fingerprint density at radius 1 is 1.06 bits per heavy atom. The number of amides is 3. The van der Waals surface area contributed by atoms with Crippen molar-refractivity contribution in [3.8, 4) is 0 Å². The zero-order valence-corrected chi connectivity index (χ0v) is 27.8. The number of thiocarbonyl (C=S) groups is 1. The Morgan fingerprint density at radius 3 is 2.53 bits per heavy atom. The van der Waals surface area contributed by atoms with Gasteiger partial charge in [-0.25, -0.2) is 4.98 Å². The standard InChI is InChI=1S/C33H22ClN5O5S3/c1-17-11-18(2)13-21(12-17)38-31(42)23(30(41)37-32(38)45)14-19-7-10-27(26(15-19)39(43)44)46-33-36-25-9-8-20(16-28(25)47-33)35-29(40)22-5-3-4-6-24(22)34/h3-16H,1-2H3,(H,35,40)(H,37,41,45)/b23-14+. The summed E-state index contributed by atoms with van der Waals surface area (Å²) in [6.07, 6.45) is 1.31. The summed E-state index contributed by atoms with van der Waals surface area (Å²) in [4.78, 5) is 56.8. The van der Waals surface area contributed by atoms with Crippen LogP contribution in [-0.4, -0.2) is 32.7 Å². The van der Waals surface area contributed by atoms with Gasteiger partial charge in [0.15, 0.2) is 9.45 Å². The van der Waals surface area contributed by atoms with Gasteiger partial charge in [0.25, 0.3) is 23.4 Å². The van der Waals surface area contributed by atoms with Crippen LogP contribution < -0.4 is 15.5 Å². The van der Waals surface area contributed by atoms with Gasteiger partial charge < -0.3 is 5.32 Å². The molecule has 1 aromatic heterocycles. The summed E-state index contributed by atoms with van der Waals surface area (Å²) in [5, 5.41) is 17.8. The van der Waals surface area contributed by atoms with E-state index in [0.29, 0.717) is 36.7 Å². The number of halogens is 1. The minimum Gasteiger partial charge on any atom is -0.322 e. The summed E-state index contributed by atoms with van der Waals surface area (Å²) in [5.41, 5.74) is 3.73. The molecule has 6 rings (SSSR count). The molecule has 0 spiro atoms. The van der Waals surface area contributed by atoms with Gasteiger partial charge in [-0.15, -0.1) is 11.3 Å². The molecule has 14 heteroatoms. The van der Waals surface area contributed by atoms with Gasteiger partial charge in [0.05, 0.1) is 36.3 Å². The number of aromatic nitrogens is 1. The van der Waals surface area contributed by atoms with Crippen molar-refractivity contribution in [1.82, 2.24) is 10.3 Å². The van der Waals surface area contributed by atoms with Crippen LogP contribution in [0.15, 0.2) is 93.7 Å². The van der Waals surface area contributed by atoms with E-state index < -0.39 is 16.7 Å². The number of hydrogen-bond acceptors (Lipinski definition) is 9. The Hall–Kier alpha value is -4.95. The van der Waals surface area contributed by atoms with E-state index >= 15 is 0 Å². The number of nitro benzene ring substituents is 1. The normalized spacial score (nSPS) is 14.1. The lowest BCUT2D eigenvalue weighted by Crippen LogP contribution is -2.54. The van der Waals surface area contributed by atoms with Gasteiger partial charge in [0.1, 0.15) is 5.57 Å². The van der Waals surface area contributed by atoms with Gasteiger partial charge in [0, 0.05) is 11.8 Å². The van der Waals surface area contributed by atoms with E-state index in [4.69, 9.17) is 23.8 Å². The van der Waals surface area contributed by atoms with Crippen LogP contribution in [0.3, 0.4) is 0 Å². The smallest absolute Gasteiger partial charge is 0.283 e. The van der Waals surface area contributed by atoms with Crippen molar-refractivity contribution < 1.29 is 19.3 Å². The van der Waals surface area contributed by atoms with Crippen LogP contribution in [0.4, 0.5) is 17.1 Å². The van der Waals surface area contributed by atoms with Crippen molar-refractivity contribution in [2.24, 2.45) is 0 Å². The van der Waals surface area contributed by atoms with Crippen molar-refractivity contribution in [2.75, 3.05) is 10.2 Å². The minimum absolute atomic E-state index is 0.0502. The number of carbonyl (C=O) groups excluding carboxylic acids is 3. The molecule has 1 fully saturated rings. The van der Waals surface area contributed by atoms with Crippen molar-refractivity contribution >= 4 is 103 Å². The number of benzene rings is 4. The Bertz CT molecular complexity index is 2180. The quantitative estimate of drug-likeness (QED) is 0.0580. The first-order valence-electron chi connectivity index (χ1n) is 13.9. The summed E-state index contributed by atoms with van der Waals surface area (Å²) in [7, 11) is 0. The molecular formula is C33H22ClN5O5S3. The number of rotatable bonds is 7. The lowest BCUT2D eigenvalue weighted by Gasteiger charge is -2.29. The highest BCUT2D eigenvalue weighted by Gasteiger charge is 2.35. The molecule has 1 saturated heterocycles. The molecule has 1 aliphatic heterocycles. The highest BCUT2D eigenvalue weighted by atomic mass is 35.5. The molecule has 2 heterocycles. The molecule has 4 aromatic carbocycles. The molecule has 234 valence electrons. The minimum atomic E-state index is -0.696. The van der Waals surface area contributed by atoms with Gasteiger partial charge in [-0.05, 0) is 97.4 Å². The summed E-state index contributed by atoms with van der Waals surface area (Å²) in [5.74, 6) is -1.69. The SMILES string of the molecule is Cc1cc(C)cc(N2C(=O)/C(=C/c3ccc(Sc4nc5ccc(NC(=O)c6ccccc6Cl)cc5s4)c([N+](=O)[O-])c3)C(=O)NC2=S)c1. The Labute approximate surface area is 286 Å². The number of aryl methyl sites for hydroxylation is 2. The number of hydrogen-bond donors (Lipinski definition) is 2. The molecule has 0 saturated carbocycles. The van der Waals surface area contributed by atoms with Gasteiger partial charge in [-0.3, -0.25) is 34.7 Å². The highest BCUT2D eigenvalue weighted by molar-refractivity contribution is 8.01. The van der Waals surface area contributed by atoms with E-state index in [1.54, 1.807) is 66.7 Å². The highest BCUT2D eigenvalue weighted by Crippen LogP contribution is 2.40. The van der Waals surface area contributed by atoms with E-state index in [1.807, 2.05) is 19.9 Å². The maximum absolute atomic E-state index is 13.5. The van der Waals surface area contributed by atoms with Crippen LogP contribution in [0.25, 0.3) is 16.3 Å². The maximum atomic E-state index is 13.5. The molecule has 1 aliphatic rings. The first kappa shape index (κ1) is 32.0. The first-order chi connectivity index (χ1) is 22.5. The molecular weight excluding hydrogens is 678 g/mol. The van der Waals surface area contributed by atoms with Crippen LogP contribution in [0.5, 0.6) is 0 Å². The summed E-state index contributed by atoms with van der Waals surface area (Å²) in [6, 6.07) is 21.9. The van der Waals surface area contributed by atoms with Gasteiger partial charge in [-0.2, -0.15) is 0 Å². The monoisotopic (exact) mass is 699 g/mol. The maximum Gasteiger partial charge on any atom is 0.283 e. The molecule has 0 aliphatic carbocycles. The zero-order valence-electron chi connectivity index (χ0n) is 24.6. The first-order valence-corrected chi connectivity index (χ1v) is 16.3. The average Bonchev–Trinajstić information content (AvgIpc) is 3.41. The lowest BCUT2D eigenvalue weighted by atomic mass is 10.1. The molecule has 0 atom stereocenters. The molecule has 3 amide bonds. The van der Waals surface area contributed by atoms with Crippen molar-refractivity contribution in [2.45, 2.75) is 23.1 Å². The van der Waals surface area contributed by atoms with Gasteiger partial charge >= 0.3 is 0 Å². The van der Waals surface area contributed by atoms with E-state index in [1.165, 1.54) is 28.4 Å².